The maximum Gasteiger partial charge on any atom is 0.192 e. The monoisotopic (exact) mass is 476 g/mol. The number of halogens is 2. The van der Waals surface area contributed by atoms with E-state index in [9.17, 15) is 13.6 Å². The lowest BCUT2D eigenvalue weighted by Gasteiger charge is -2.32. The second-order valence-corrected chi connectivity index (χ2v) is 9.23. The molecule has 180 valence electrons. The summed E-state index contributed by atoms with van der Waals surface area (Å²) in [5.41, 5.74) is 0.951. The summed E-state index contributed by atoms with van der Waals surface area (Å²) < 4.78 is 34.0. The van der Waals surface area contributed by atoms with Gasteiger partial charge in [-0.1, -0.05) is 12.1 Å². The lowest BCUT2D eigenvalue weighted by molar-refractivity contribution is 0.209. The van der Waals surface area contributed by atoms with Crippen molar-refractivity contribution < 1.29 is 13.5 Å². The summed E-state index contributed by atoms with van der Waals surface area (Å²) in [4.78, 5) is 19.1. The van der Waals surface area contributed by atoms with Crippen LogP contribution in [0.5, 0.6) is 5.75 Å². The Morgan fingerprint density at radius 3 is 2.46 bits per heavy atom. The molecule has 0 amide bonds. The SMILES string of the molecule is COc1ccc(-c2c(-c3ccc(C#N)c(F)c3)[nH]c(NCC34CCCN3CCC4)cc2=O)cc1F. The van der Waals surface area contributed by atoms with Gasteiger partial charge in [0.25, 0.3) is 0 Å². The lowest BCUT2D eigenvalue weighted by Crippen LogP contribution is -2.44. The first kappa shape index (κ1) is 23.1. The van der Waals surface area contributed by atoms with E-state index in [0.29, 0.717) is 29.2 Å². The summed E-state index contributed by atoms with van der Waals surface area (Å²) in [6, 6.07) is 11.7. The van der Waals surface area contributed by atoms with E-state index >= 15 is 0 Å². The standard InChI is InChI=1S/C27H26F2N4O2/c1-35-23-7-6-17(12-21(23)29)25-22(34)14-24(31-16-27-8-2-10-33(27)11-3-9-27)32-26(25)18-4-5-19(15-30)20(28)13-18/h4-7,12-14H,2-3,8-11,16H2,1H3,(H2,31,32,34). The maximum atomic E-state index is 14.5. The molecule has 0 atom stereocenters. The number of ether oxygens (including phenoxy) is 1. The number of fused-ring (bicyclic) bond motifs is 1. The van der Waals surface area contributed by atoms with E-state index in [1.807, 2.05) is 6.07 Å². The Balaban J connectivity index is 1.59. The number of hydrogen-bond acceptors (Lipinski definition) is 5. The van der Waals surface area contributed by atoms with Crippen molar-refractivity contribution in [3.8, 4) is 34.2 Å². The minimum atomic E-state index is -0.692. The first-order valence-electron chi connectivity index (χ1n) is 11.7. The van der Waals surface area contributed by atoms with Crippen molar-refractivity contribution in [3.63, 3.8) is 0 Å². The topological polar surface area (TPSA) is 81.2 Å². The predicted molar refractivity (Wildman–Crippen MR) is 130 cm³/mol. The second-order valence-electron chi connectivity index (χ2n) is 9.23. The van der Waals surface area contributed by atoms with Crippen molar-refractivity contribution in [2.24, 2.45) is 0 Å². The number of nitrogens with one attached hydrogen (secondary N) is 2. The van der Waals surface area contributed by atoms with Crippen LogP contribution in [0.4, 0.5) is 14.6 Å². The molecule has 35 heavy (non-hydrogen) atoms. The van der Waals surface area contributed by atoms with Crippen LogP contribution in [0.2, 0.25) is 0 Å². The molecule has 2 saturated heterocycles. The van der Waals surface area contributed by atoms with Crippen LogP contribution in [-0.4, -0.2) is 42.2 Å². The zero-order valence-corrected chi connectivity index (χ0v) is 19.5. The number of rotatable bonds is 6. The van der Waals surface area contributed by atoms with E-state index < -0.39 is 11.6 Å². The van der Waals surface area contributed by atoms with Gasteiger partial charge in [0.2, 0.25) is 0 Å². The van der Waals surface area contributed by atoms with Crippen LogP contribution >= 0.6 is 0 Å². The third kappa shape index (κ3) is 4.17. The number of benzene rings is 2. The van der Waals surface area contributed by atoms with E-state index in [0.717, 1.165) is 38.8 Å². The molecule has 0 aliphatic carbocycles. The summed E-state index contributed by atoms with van der Waals surface area (Å²) in [6.07, 6.45) is 4.55. The van der Waals surface area contributed by atoms with Gasteiger partial charge in [-0.05, 0) is 68.6 Å². The fourth-order valence-corrected chi connectivity index (χ4v) is 5.51. The largest absolute Gasteiger partial charge is 0.494 e. The number of aromatic amines is 1. The summed E-state index contributed by atoms with van der Waals surface area (Å²) in [7, 11) is 1.37. The zero-order valence-electron chi connectivity index (χ0n) is 19.5. The highest BCUT2D eigenvalue weighted by molar-refractivity contribution is 5.82. The molecule has 2 aromatic carbocycles. The molecule has 1 aromatic heterocycles. The number of nitrogens with zero attached hydrogens (tertiary/aromatic N) is 2. The molecule has 3 aromatic rings. The Bertz CT molecular complexity index is 1370. The molecular formula is C27H26F2N4O2. The minimum Gasteiger partial charge on any atom is -0.494 e. The summed E-state index contributed by atoms with van der Waals surface area (Å²) in [5.74, 6) is -0.722. The van der Waals surface area contributed by atoms with Crippen LogP contribution < -0.4 is 15.5 Å². The van der Waals surface area contributed by atoms with Crippen molar-refractivity contribution >= 4 is 5.82 Å². The van der Waals surface area contributed by atoms with E-state index in [2.05, 4.69) is 15.2 Å². The van der Waals surface area contributed by atoms with Crippen LogP contribution in [0.3, 0.4) is 0 Å². The average Bonchev–Trinajstić information content (AvgIpc) is 3.43. The molecular weight excluding hydrogens is 450 g/mol. The van der Waals surface area contributed by atoms with Crippen LogP contribution in [0.25, 0.3) is 22.4 Å². The van der Waals surface area contributed by atoms with Gasteiger partial charge in [0.1, 0.15) is 17.7 Å². The molecule has 2 N–H and O–H groups in total. The Morgan fingerprint density at radius 2 is 1.80 bits per heavy atom. The van der Waals surface area contributed by atoms with Gasteiger partial charge in [0.15, 0.2) is 17.0 Å². The van der Waals surface area contributed by atoms with E-state index in [1.54, 1.807) is 12.1 Å². The highest BCUT2D eigenvalue weighted by Gasteiger charge is 2.43. The highest BCUT2D eigenvalue weighted by Crippen LogP contribution is 2.39. The molecule has 0 spiro atoms. The third-order valence-corrected chi connectivity index (χ3v) is 7.27. The molecule has 2 aliphatic heterocycles. The Hall–Kier alpha value is -3.70. The van der Waals surface area contributed by atoms with Crippen molar-refractivity contribution in [1.29, 1.82) is 5.26 Å². The smallest absolute Gasteiger partial charge is 0.192 e. The van der Waals surface area contributed by atoms with Gasteiger partial charge in [-0.3, -0.25) is 9.69 Å². The van der Waals surface area contributed by atoms with E-state index in [1.165, 1.54) is 37.4 Å². The van der Waals surface area contributed by atoms with Crippen LogP contribution in [0.15, 0.2) is 47.3 Å². The zero-order chi connectivity index (χ0) is 24.6. The Labute approximate surface area is 202 Å². The fourth-order valence-electron chi connectivity index (χ4n) is 5.51. The molecule has 3 heterocycles. The van der Waals surface area contributed by atoms with Gasteiger partial charge in [-0.2, -0.15) is 5.26 Å². The minimum absolute atomic E-state index is 0.0615. The summed E-state index contributed by atoms with van der Waals surface area (Å²) in [6.45, 7) is 2.88. The summed E-state index contributed by atoms with van der Waals surface area (Å²) >= 11 is 0. The maximum absolute atomic E-state index is 14.5. The molecule has 8 heteroatoms. The van der Waals surface area contributed by atoms with Gasteiger partial charge in [0.05, 0.1) is 23.9 Å². The third-order valence-electron chi connectivity index (χ3n) is 7.27. The van der Waals surface area contributed by atoms with Gasteiger partial charge in [0, 0.05) is 23.7 Å². The van der Waals surface area contributed by atoms with Crippen molar-refractivity contribution in [2.75, 3.05) is 32.1 Å². The van der Waals surface area contributed by atoms with Crippen LogP contribution in [0.1, 0.15) is 31.2 Å². The average molecular weight is 477 g/mol. The van der Waals surface area contributed by atoms with E-state index in [-0.39, 0.29) is 27.8 Å². The first-order valence-corrected chi connectivity index (χ1v) is 11.7. The molecule has 0 radical (unpaired) electrons. The van der Waals surface area contributed by atoms with Gasteiger partial charge < -0.3 is 15.0 Å². The van der Waals surface area contributed by atoms with Crippen molar-refractivity contribution in [1.82, 2.24) is 9.88 Å². The Morgan fingerprint density at radius 1 is 1.09 bits per heavy atom. The number of methoxy groups -OCH3 is 1. The number of hydrogen-bond donors (Lipinski definition) is 2. The number of anilines is 1. The number of nitriles is 1. The van der Waals surface area contributed by atoms with Gasteiger partial charge in [-0.15, -0.1) is 0 Å². The molecule has 0 unspecified atom stereocenters. The number of pyridine rings is 1. The van der Waals surface area contributed by atoms with Gasteiger partial charge >= 0.3 is 0 Å². The quantitative estimate of drug-likeness (QED) is 0.529. The van der Waals surface area contributed by atoms with Crippen molar-refractivity contribution in [3.05, 3.63) is 69.9 Å². The molecule has 5 rings (SSSR count). The summed E-state index contributed by atoms with van der Waals surface area (Å²) in [5, 5.41) is 12.5. The molecule has 2 aliphatic rings. The molecule has 2 fully saturated rings. The second kappa shape index (κ2) is 9.16. The van der Waals surface area contributed by atoms with Crippen LogP contribution in [-0.2, 0) is 0 Å². The number of H-pyrrole nitrogens is 1. The first-order chi connectivity index (χ1) is 16.9. The van der Waals surface area contributed by atoms with Crippen molar-refractivity contribution in [2.45, 2.75) is 31.2 Å². The normalized spacial score (nSPS) is 16.6. The molecule has 0 saturated carbocycles. The highest BCUT2D eigenvalue weighted by atomic mass is 19.1. The predicted octanol–water partition coefficient (Wildman–Crippen LogP) is 4.91. The molecule has 6 nitrogen and oxygen atoms in total. The fraction of sp³-hybridized carbons (Fsp3) is 0.333. The Kier molecular flexibility index (Phi) is 6.03. The lowest BCUT2D eigenvalue weighted by atomic mass is 9.94. The number of aromatic nitrogens is 1. The van der Waals surface area contributed by atoms with Crippen LogP contribution in [0, 0.1) is 23.0 Å². The van der Waals surface area contributed by atoms with Gasteiger partial charge in [-0.25, -0.2) is 8.78 Å². The molecule has 0 bridgehead atoms. The van der Waals surface area contributed by atoms with E-state index in [4.69, 9.17) is 10.00 Å².